The van der Waals surface area contributed by atoms with Crippen LogP contribution < -0.4 is 0 Å². The van der Waals surface area contributed by atoms with Crippen LogP contribution >= 0.6 is 0 Å². The van der Waals surface area contributed by atoms with Crippen molar-refractivity contribution in [2.45, 2.75) is 31.8 Å². The molecule has 1 heterocycles. The van der Waals surface area contributed by atoms with Crippen molar-refractivity contribution >= 4 is 5.91 Å². The molecule has 82 valence electrons. The van der Waals surface area contributed by atoms with Crippen LogP contribution in [-0.4, -0.2) is 59.6 Å². The molecule has 1 N–H and O–H groups in total. The predicted molar refractivity (Wildman–Crippen MR) is 55.0 cm³/mol. The Morgan fingerprint density at radius 2 is 2.07 bits per heavy atom. The maximum atomic E-state index is 11.8. The van der Waals surface area contributed by atoms with Crippen LogP contribution in [0.1, 0.15) is 20.3 Å². The monoisotopic (exact) mass is 200 g/mol. The lowest BCUT2D eigenvalue weighted by Crippen LogP contribution is -2.51. The highest BCUT2D eigenvalue weighted by Crippen LogP contribution is 2.24. The second-order valence-electron chi connectivity index (χ2n) is 4.63. The summed E-state index contributed by atoms with van der Waals surface area (Å²) in [7, 11) is 3.69. The first-order valence-corrected chi connectivity index (χ1v) is 4.99. The SMILES string of the molecule is CN1CCC(C)(C)N(C)C(CO)C1=O. The van der Waals surface area contributed by atoms with E-state index < -0.39 is 6.04 Å². The van der Waals surface area contributed by atoms with Gasteiger partial charge in [0.25, 0.3) is 0 Å². The number of aliphatic hydroxyl groups excluding tert-OH is 1. The molecule has 0 aromatic carbocycles. The van der Waals surface area contributed by atoms with Crippen molar-refractivity contribution in [3.05, 3.63) is 0 Å². The van der Waals surface area contributed by atoms with Crippen LogP contribution in [0.4, 0.5) is 0 Å². The summed E-state index contributed by atoms with van der Waals surface area (Å²) in [5.74, 6) is 0.0144. The summed E-state index contributed by atoms with van der Waals surface area (Å²) < 4.78 is 0. The van der Waals surface area contributed by atoms with Gasteiger partial charge in [0.1, 0.15) is 6.04 Å². The smallest absolute Gasteiger partial charge is 0.242 e. The van der Waals surface area contributed by atoms with E-state index in [1.807, 2.05) is 11.9 Å². The molecule has 0 aliphatic carbocycles. The molecule has 14 heavy (non-hydrogen) atoms. The predicted octanol–water partition coefficient (Wildman–Crippen LogP) is -0.0802. The van der Waals surface area contributed by atoms with Gasteiger partial charge in [0.2, 0.25) is 5.91 Å². The number of carbonyl (C=O) groups excluding carboxylic acids is 1. The van der Waals surface area contributed by atoms with E-state index in [-0.39, 0.29) is 18.1 Å². The molecule has 1 saturated heterocycles. The van der Waals surface area contributed by atoms with E-state index in [1.165, 1.54) is 0 Å². The van der Waals surface area contributed by atoms with Gasteiger partial charge in [-0.05, 0) is 27.3 Å². The third-order valence-electron chi connectivity index (χ3n) is 3.32. The normalized spacial score (nSPS) is 29.1. The van der Waals surface area contributed by atoms with Gasteiger partial charge in [0.05, 0.1) is 6.61 Å². The molecule has 0 aromatic heterocycles. The summed E-state index contributed by atoms with van der Waals surface area (Å²) in [5.41, 5.74) is -0.0339. The summed E-state index contributed by atoms with van der Waals surface area (Å²) in [6, 6.07) is -0.391. The number of hydrogen-bond donors (Lipinski definition) is 1. The second-order valence-corrected chi connectivity index (χ2v) is 4.63. The standard InChI is InChI=1S/C10H20N2O2/c1-10(2)5-6-11(3)9(14)8(7-13)12(10)4/h8,13H,5-7H2,1-4H3. The van der Waals surface area contributed by atoms with Gasteiger partial charge in [0.15, 0.2) is 0 Å². The lowest BCUT2D eigenvalue weighted by molar-refractivity contribution is -0.136. The Balaban J connectivity index is 2.93. The average Bonchev–Trinajstić information content (AvgIpc) is 2.20. The third kappa shape index (κ3) is 1.91. The third-order valence-corrected chi connectivity index (χ3v) is 3.32. The Bertz CT molecular complexity index is 228. The van der Waals surface area contributed by atoms with E-state index in [9.17, 15) is 9.90 Å². The fourth-order valence-electron chi connectivity index (χ4n) is 1.77. The Morgan fingerprint density at radius 3 is 2.57 bits per heavy atom. The first-order chi connectivity index (χ1) is 6.40. The average molecular weight is 200 g/mol. The minimum absolute atomic E-state index is 0.0144. The zero-order valence-electron chi connectivity index (χ0n) is 9.45. The molecular weight excluding hydrogens is 180 g/mol. The van der Waals surface area contributed by atoms with Crippen LogP contribution in [0.2, 0.25) is 0 Å². The molecule has 4 heteroatoms. The van der Waals surface area contributed by atoms with Crippen LogP contribution in [0.3, 0.4) is 0 Å². The zero-order chi connectivity index (χ0) is 10.9. The van der Waals surface area contributed by atoms with Gasteiger partial charge in [-0.1, -0.05) is 0 Å². The van der Waals surface area contributed by atoms with Crippen molar-refractivity contribution in [3.8, 4) is 0 Å². The van der Waals surface area contributed by atoms with Gasteiger partial charge in [-0.3, -0.25) is 9.69 Å². The first kappa shape index (κ1) is 11.5. The van der Waals surface area contributed by atoms with Crippen LogP contribution in [0.15, 0.2) is 0 Å². The minimum Gasteiger partial charge on any atom is -0.394 e. The fourth-order valence-corrected chi connectivity index (χ4v) is 1.77. The number of amides is 1. The van der Waals surface area contributed by atoms with Crippen LogP contribution in [0.25, 0.3) is 0 Å². The maximum absolute atomic E-state index is 11.8. The first-order valence-electron chi connectivity index (χ1n) is 4.99. The molecule has 1 aliphatic heterocycles. The summed E-state index contributed by atoms with van der Waals surface area (Å²) >= 11 is 0. The summed E-state index contributed by atoms with van der Waals surface area (Å²) in [6.45, 7) is 4.85. The second kappa shape index (κ2) is 3.87. The van der Waals surface area contributed by atoms with Crippen molar-refractivity contribution in [1.29, 1.82) is 0 Å². The minimum atomic E-state index is -0.391. The van der Waals surface area contributed by atoms with Crippen molar-refractivity contribution in [2.24, 2.45) is 0 Å². The molecule has 1 amide bonds. The van der Waals surface area contributed by atoms with E-state index in [0.717, 1.165) is 13.0 Å². The van der Waals surface area contributed by atoms with Crippen molar-refractivity contribution < 1.29 is 9.90 Å². The Morgan fingerprint density at radius 1 is 1.50 bits per heavy atom. The zero-order valence-corrected chi connectivity index (χ0v) is 9.45. The Labute approximate surface area is 85.5 Å². The number of nitrogens with zero attached hydrogens (tertiary/aromatic N) is 2. The van der Waals surface area contributed by atoms with Crippen LogP contribution in [0, 0.1) is 0 Å². The lowest BCUT2D eigenvalue weighted by Gasteiger charge is -2.36. The molecule has 0 spiro atoms. The number of aliphatic hydroxyl groups is 1. The Kier molecular flexibility index (Phi) is 3.17. The van der Waals surface area contributed by atoms with Gasteiger partial charge in [-0.25, -0.2) is 0 Å². The molecule has 0 saturated carbocycles. The van der Waals surface area contributed by atoms with Crippen molar-refractivity contribution in [2.75, 3.05) is 27.2 Å². The lowest BCUT2D eigenvalue weighted by atomic mass is 9.98. The highest BCUT2D eigenvalue weighted by atomic mass is 16.3. The van der Waals surface area contributed by atoms with E-state index in [4.69, 9.17) is 0 Å². The summed E-state index contributed by atoms with van der Waals surface area (Å²) in [6.07, 6.45) is 0.933. The number of carbonyl (C=O) groups is 1. The van der Waals surface area contributed by atoms with E-state index >= 15 is 0 Å². The summed E-state index contributed by atoms with van der Waals surface area (Å²) in [5, 5.41) is 9.22. The number of rotatable bonds is 1. The van der Waals surface area contributed by atoms with Gasteiger partial charge in [-0.15, -0.1) is 0 Å². The molecule has 1 atom stereocenters. The van der Waals surface area contributed by atoms with Gasteiger partial charge >= 0.3 is 0 Å². The topological polar surface area (TPSA) is 43.8 Å². The fraction of sp³-hybridized carbons (Fsp3) is 0.900. The van der Waals surface area contributed by atoms with E-state index in [2.05, 4.69) is 13.8 Å². The van der Waals surface area contributed by atoms with Crippen molar-refractivity contribution in [1.82, 2.24) is 9.80 Å². The highest BCUT2D eigenvalue weighted by molar-refractivity contribution is 5.82. The van der Waals surface area contributed by atoms with Gasteiger partial charge in [-0.2, -0.15) is 0 Å². The maximum Gasteiger partial charge on any atom is 0.242 e. The van der Waals surface area contributed by atoms with Crippen molar-refractivity contribution in [3.63, 3.8) is 0 Å². The van der Waals surface area contributed by atoms with E-state index in [1.54, 1.807) is 11.9 Å². The van der Waals surface area contributed by atoms with E-state index in [0.29, 0.717) is 0 Å². The molecule has 1 rings (SSSR count). The Hall–Kier alpha value is -0.610. The molecule has 0 radical (unpaired) electrons. The van der Waals surface area contributed by atoms with Crippen LogP contribution in [-0.2, 0) is 4.79 Å². The number of likely N-dealkylation sites (N-methyl/N-ethyl adjacent to an activating group) is 2. The molecule has 0 bridgehead atoms. The number of hydrogen-bond acceptors (Lipinski definition) is 3. The molecule has 1 fully saturated rings. The molecule has 1 aliphatic rings. The highest BCUT2D eigenvalue weighted by Gasteiger charge is 2.37. The summed E-state index contributed by atoms with van der Waals surface area (Å²) in [4.78, 5) is 15.5. The van der Waals surface area contributed by atoms with Crippen LogP contribution in [0.5, 0.6) is 0 Å². The molecule has 4 nitrogen and oxygen atoms in total. The molecular formula is C10H20N2O2. The van der Waals surface area contributed by atoms with Gasteiger partial charge in [0, 0.05) is 19.1 Å². The molecule has 0 aromatic rings. The largest absolute Gasteiger partial charge is 0.394 e. The van der Waals surface area contributed by atoms with Gasteiger partial charge < -0.3 is 10.0 Å². The quantitative estimate of drug-likeness (QED) is 0.644. The molecule has 1 unspecified atom stereocenters.